The van der Waals surface area contributed by atoms with Gasteiger partial charge in [-0.25, -0.2) is 0 Å². The maximum atomic E-state index is 13.1. The Hall–Kier alpha value is -2.18. The molecule has 2 rings (SSSR count). The number of hydrogen-bond donors (Lipinski definition) is 1. The van der Waals surface area contributed by atoms with Crippen molar-refractivity contribution in [1.82, 2.24) is 10.2 Å². The fourth-order valence-electron chi connectivity index (χ4n) is 2.88. The molecule has 1 atom stereocenters. The SMILES string of the molecule is COc1ccc(CN(C(=O)CSCc2ccc(Cl)cc2)C(C)C(=O)NCC(C)C)cc1. The number of ether oxygens (including phenoxy) is 1. The number of carbonyl (C=O) groups is 2. The minimum atomic E-state index is -0.565. The van der Waals surface area contributed by atoms with Crippen LogP contribution in [0.3, 0.4) is 0 Å². The zero-order valence-electron chi connectivity index (χ0n) is 18.6. The van der Waals surface area contributed by atoms with Crippen LogP contribution in [0.25, 0.3) is 0 Å². The summed E-state index contributed by atoms with van der Waals surface area (Å²) in [5, 5.41) is 3.63. The lowest BCUT2D eigenvalue weighted by Gasteiger charge is -2.29. The molecule has 5 nitrogen and oxygen atoms in total. The number of benzene rings is 2. The fourth-order valence-corrected chi connectivity index (χ4v) is 3.88. The van der Waals surface area contributed by atoms with E-state index in [2.05, 4.69) is 5.32 Å². The molecule has 0 saturated carbocycles. The summed E-state index contributed by atoms with van der Waals surface area (Å²) in [6, 6.07) is 14.6. The Bertz CT molecular complexity index is 841. The van der Waals surface area contributed by atoms with Gasteiger partial charge in [0.2, 0.25) is 11.8 Å². The van der Waals surface area contributed by atoms with Crippen molar-refractivity contribution in [3.8, 4) is 5.75 Å². The molecule has 1 unspecified atom stereocenters. The van der Waals surface area contributed by atoms with Gasteiger partial charge in [0.15, 0.2) is 0 Å². The molecular formula is C24H31ClN2O3S. The summed E-state index contributed by atoms with van der Waals surface area (Å²) in [6.07, 6.45) is 0. The van der Waals surface area contributed by atoms with Gasteiger partial charge in [-0.3, -0.25) is 9.59 Å². The highest BCUT2D eigenvalue weighted by Crippen LogP contribution is 2.19. The Morgan fingerprint density at radius 3 is 2.23 bits per heavy atom. The van der Waals surface area contributed by atoms with Crippen LogP contribution in [0.1, 0.15) is 31.9 Å². The molecule has 0 aliphatic rings. The second kappa shape index (κ2) is 12.6. The van der Waals surface area contributed by atoms with Crippen LogP contribution in [0, 0.1) is 5.92 Å². The Morgan fingerprint density at radius 1 is 1.03 bits per heavy atom. The molecule has 0 fully saturated rings. The first-order chi connectivity index (χ1) is 14.8. The van der Waals surface area contributed by atoms with Crippen molar-refractivity contribution in [2.24, 2.45) is 5.92 Å². The van der Waals surface area contributed by atoms with Crippen LogP contribution in [0.15, 0.2) is 48.5 Å². The number of amides is 2. The second-order valence-corrected chi connectivity index (χ2v) is 9.23. The average Bonchev–Trinajstić information content (AvgIpc) is 2.77. The zero-order chi connectivity index (χ0) is 22.8. The summed E-state index contributed by atoms with van der Waals surface area (Å²) in [5.74, 6) is 1.88. The maximum Gasteiger partial charge on any atom is 0.242 e. The summed E-state index contributed by atoms with van der Waals surface area (Å²) in [4.78, 5) is 27.4. The first-order valence-corrected chi connectivity index (χ1v) is 11.9. The van der Waals surface area contributed by atoms with Gasteiger partial charge in [0.1, 0.15) is 11.8 Å². The molecular weight excluding hydrogens is 432 g/mol. The molecule has 2 aromatic rings. The summed E-state index contributed by atoms with van der Waals surface area (Å²) in [5.41, 5.74) is 2.05. The number of nitrogens with one attached hydrogen (secondary N) is 1. The lowest BCUT2D eigenvalue weighted by Crippen LogP contribution is -2.48. The van der Waals surface area contributed by atoms with Crippen LogP contribution in [-0.2, 0) is 21.9 Å². The number of nitrogens with zero attached hydrogens (tertiary/aromatic N) is 1. The van der Waals surface area contributed by atoms with Gasteiger partial charge >= 0.3 is 0 Å². The molecule has 1 N–H and O–H groups in total. The summed E-state index contributed by atoms with van der Waals surface area (Å²) in [7, 11) is 1.61. The van der Waals surface area contributed by atoms with Crippen molar-refractivity contribution in [2.45, 2.75) is 39.1 Å². The van der Waals surface area contributed by atoms with Crippen LogP contribution in [-0.4, -0.2) is 42.2 Å². The van der Waals surface area contributed by atoms with Gasteiger partial charge in [-0.05, 0) is 48.2 Å². The number of thioether (sulfide) groups is 1. The number of halogens is 1. The van der Waals surface area contributed by atoms with E-state index in [1.54, 1.807) is 18.9 Å². The molecule has 0 spiro atoms. The Labute approximate surface area is 194 Å². The van der Waals surface area contributed by atoms with Gasteiger partial charge in [0.25, 0.3) is 0 Å². The van der Waals surface area contributed by atoms with Gasteiger partial charge in [-0.1, -0.05) is 49.7 Å². The second-order valence-electron chi connectivity index (χ2n) is 7.80. The minimum Gasteiger partial charge on any atom is -0.497 e. The third-order valence-electron chi connectivity index (χ3n) is 4.77. The molecule has 0 aliphatic carbocycles. The van der Waals surface area contributed by atoms with Crippen molar-refractivity contribution in [2.75, 3.05) is 19.4 Å². The van der Waals surface area contributed by atoms with Crippen LogP contribution in [0.5, 0.6) is 5.75 Å². The molecule has 0 saturated heterocycles. The molecule has 2 amide bonds. The highest BCUT2D eigenvalue weighted by atomic mass is 35.5. The van der Waals surface area contributed by atoms with E-state index < -0.39 is 6.04 Å². The topological polar surface area (TPSA) is 58.6 Å². The molecule has 7 heteroatoms. The van der Waals surface area contributed by atoms with Gasteiger partial charge in [0, 0.05) is 23.9 Å². The van der Waals surface area contributed by atoms with Gasteiger partial charge in [-0.15, -0.1) is 11.8 Å². The predicted molar refractivity (Wildman–Crippen MR) is 128 cm³/mol. The van der Waals surface area contributed by atoms with Crippen LogP contribution in [0.2, 0.25) is 5.02 Å². The maximum absolute atomic E-state index is 13.1. The van der Waals surface area contributed by atoms with E-state index in [1.165, 1.54) is 11.8 Å². The van der Waals surface area contributed by atoms with E-state index in [9.17, 15) is 9.59 Å². The molecule has 0 aromatic heterocycles. The molecule has 0 radical (unpaired) electrons. The summed E-state index contributed by atoms with van der Waals surface area (Å²) < 4.78 is 5.21. The number of rotatable bonds is 11. The Kier molecular flexibility index (Phi) is 10.2. The van der Waals surface area contributed by atoms with Gasteiger partial charge in [-0.2, -0.15) is 0 Å². The van der Waals surface area contributed by atoms with Crippen LogP contribution < -0.4 is 10.1 Å². The van der Waals surface area contributed by atoms with E-state index in [0.29, 0.717) is 35.5 Å². The van der Waals surface area contributed by atoms with E-state index >= 15 is 0 Å². The largest absolute Gasteiger partial charge is 0.497 e. The fraction of sp³-hybridized carbons (Fsp3) is 0.417. The van der Waals surface area contributed by atoms with Crippen molar-refractivity contribution in [3.05, 3.63) is 64.7 Å². The monoisotopic (exact) mass is 462 g/mol. The molecule has 168 valence electrons. The highest BCUT2D eigenvalue weighted by Gasteiger charge is 2.26. The van der Waals surface area contributed by atoms with E-state index in [1.807, 2.05) is 62.4 Å². The highest BCUT2D eigenvalue weighted by molar-refractivity contribution is 7.99. The first kappa shape index (κ1) is 25.1. The van der Waals surface area contributed by atoms with E-state index in [0.717, 1.165) is 16.9 Å². The van der Waals surface area contributed by atoms with Crippen molar-refractivity contribution >= 4 is 35.2 Å². The zero-order valence-corrected chi connectivity index (χ0v) is 20.1. The lowest BCUT2D eigenvalue weighted by molar-refractivity contribution is -0.138. The van der Waals surface area contributed by atoms with Gasteiger partial charge < -0.3 is 15.0 Å². The normalized spacial score (nSPS) is 11.8. The van der Waals surface area contributed by atoms with Crippen LogP contribution >= 0.6 is 23.4 Å². The van der Waals surface area contributed by atoms with Crippen molar-refractivity contribution in [3.63, 3.8) is 0 Å². The summed E-state index contributed by atoms with van der Waals surface area (Å²) in [6.45, 7) is 6.80. The predicted octanol–water partition coefficient (Wildman–Crippen LogP) is 4.77. The third kappa shape index (κ3) is 8.46. The van der Waals surface area contributed by atoms with Crippen molar-refractivity contribution in [1.29, 1.82) is 0 Å². The first-order valence-electron chi connectivity index (χ1n) is 10.3. The Morgan fingerprint density at radius 2 is 1.65 bits per heavy atom. The number of hydrogen-bond acceptors (Lipinski definition) is 4. The van der Waals surface area contributed by atoms with E-state index in [-0.39, 0.29) is 11.8 Å². The quantitative estimate of drug-likeness (QED) is 0.522. The van der Waals surface area contributed by atoms with E-state index in [4.69, 9.17) is 16.3 Å². The van der Waals surface area contributed by atoms with Crippen LogP contribution in [0.4, 0.5) is 0 Å². The minimum absolute atomic E-state index is 0.0676. The molecule has 0 aliphatic heterocycles. The smallest absolute Gasteiger partial charge is 0.242 e. The molecule has 31 heavy (non-hydrogen) atoms. The third-order valence-corrected chi connectivity index (χ3v) is 6.01. The van der Waals surface area contributed by atoms with Crippen molar-refractivity contribution < 1.29 is 14.3 Å². The number of carbonyl (C=O) groups excluding carboxylic acids is 2. The molecule has 0 bridgehead atoms. The Balaban J connectivity index is 2.05. The molecule has 2 aromatic carbocycles. The average molecular weight is 463 g/mol. The standard InChI is InChI=1S/C24H31ClN2O3S/c1-17(2)13-26-24(29)18(3)27(14-19-7-11-22(30-4)12-8-19)23(28)16-31-15-20-5-9-21(25)10-6-20/h5-12,17-18H,13-16H2,1-4H3,(H,26,29). The van der Waals surface area contributed by atoms with Gasteiger partial charge in [0.05, 0.1) is 12.9 Å². The summed E-state index contributed by atoms with van der Waals surface area (Å²) >= 11 is 7.46. The molecule has 0 heterocycles. The lowest BCUT2D eigenvalue weighted by atomic mass is 10.1. The number of methoxy groups -OCH3 is 1.